The van der Waals surface area contributed by atoms with Gasteiger partial charge in [-0.1, -0.05) is 0 Å². The van der Waals surface area contributed by atoms with Gasteiger partial charge in [-0.25, -0.2) is 0 Å². The number of fused-ring (bicyclic) bond motifs is 1. The zero-order valence-corrected chi connectivity index (χ0v) is 10.6. The molecular weight excluding hydrogens is 242 g/mol. The molecule has 0 saturated heterocycles. The topological polar surface area (TPSA) is 62.5 Å². The van der Waals surface area contributed by atoms with E-state index in [0.29, 0.717) is 6.04 Å². The molecule has 19 heavy (non-hydrogen) atoms. The van der Waals surface area contributed by atoms with E-state index >= 15 is 0 Å². The average molecular weight is 259 g/mol. The summed E-state index contributed by atoms with van der Waals surface area (Å²) in [6.45, 7) is 0. The van der Waals surface area contributed by atoms with Crippen LogP contribution in [0.3, 0.4) is 0 Å². The summed E-state index contributed by atoms with van der Waals surface area (Å²) in [6, 6.07) is 8.38. The molecule has 3 rings (SSSR count). The van der Waals surface area contributed by atoms with Crippen LogP contribution in [0.1, 0.15) is 25.7 Å². The number of rotatable bonds is 3. The number of benzene rings is 1. The molecule has 2 aromatic rings. The molecule has 1 aromatic carbocycles. The number of aliphatic carboxylic acids is 1. The first-order chi connectivity index (χ1) is 9.22. The fourth-order valence-corrected chi connectivity index (χ4v) is 2.76. The number of nitrogens with one attached hydrogen (secondary N) is 1. The van der Waals surface area contributed by atoms with Crippen molar-refractivity contribution in [2.24, 2.45) is 5.92 Å². The van der Waals surface area contributed by atoms with Crippen molar-refractivity contribution in [3.8, 4) is 0 Å². The quantitative estimate of drug-likeness (QED) is 0.885. The van der Waals surface area contributed by atoms with E-state index in [-0.39, 0.29) is 5.92 Å². The number of carboxylic acid groups (broad SMARTS) is 1. The molecule has 0 spiro atoms. The average Bonchev–Trinajstić information content (AvgIpc) is 2.87. The van der Waals surface area contributed by atoms with Gasteiger partial charge in [-0.05, 0) is 43.9 Å². The van der Waals surface area contributed by atoms with E-state index in [2.05, 4.69) is 5.32 Å². The van der Waals surface area contributed by atoms with Crippen molar-refractivity contribution in [3.05, 3.63) is 30.5 Å². The molecule has 0 atom stereocenters. The molecule has 0 radical (unpaired) electrons. The molecule has 4 heteroatoms. The Morgan fingerprint density at radius 1 is 1.21 bits per heavy atom. The largest absolute Gasteiger partial charge is 0.481 e. The highest BCUT2D eigenvalue weighted by Gasteiger charge is 2.25. The first kappa shape index (κ1) is 12.1. The fraction of sp³-hybridized carbons (Fsp3) is 0.400. The number of anilines is 1. The summed E-state index contributed by atoms with van der Waals surface area (Å²) in [5.41, 5.74) is 1.92. The lowest BCUT2D eigenvalue weighted by atomic mass is 9.86. The Labute approximate surface area is 111 Å². The maximum absolute atomic E-state index is 10.9. The fourth-order valence-electron chi connectivity index (χ4n) is 2.76. The Hall–Kier alpha value is -1.97. The summed E-state index contributed by atoms with van der Waals surface area (Å²) < 4.78 is 5.38. The molecule has 1 heterocycles. The van der Waals surface area contributed by atoms with Crippen LogP contribution in [0, 0.1) is 5.92 Å². The zero-order valence-electron chi connectivity index (χ0n) is 10.6. The molecule has 1 aliphatic carbocycles. The van der Waals surface area contributed by atoms with Crippen LogP contribution in [0.2, 0.25) is 0 Å². The van der Waals surface area contributed by atoms with Crippen LogP contribution in [0.25, 0.3) is 11.0 Å². The lowest BCUT2D eigenvalue weighted by molar-refractivity contribution is -0.142. The van der Waals surface area contributed by atoms with E-state index in [1.165, 1.54) is 0 Å². The summed E-state index contributed by atoms with van der Waals surface area (Å²) in [6.07, 6.45) is 5.03. The minimum Gasteiger partial charge on any atom is -0.481 e. The molecule has 1 aromatic heterocycles. The van der Waals surface area contributed by atoms with Gasteiger partial charge < -0.3 is 14.8 Å². The summed E-state index contributed by atoms with van der Waals surface area (Å²) in [5, 5.41) is 13.5. The van der Waals surface area contributed by atoms with Crippen LogP contribution in [0.15, 0.2) is 34.9 Å². The maximum atomic E-state index is 10.9. The minimum absolute atomic E-state index is 0.161. The van der Waals surface area contributed by atoms with Crippen molar-refractivity contribution in [1.82, 2.24) is 0 Å². The van der Waals surface area contributed by atoms with Crippen LogP contribution in [-0.4, -0.2) is 17.1 Å². The molecule has 1 aliphatic rings. The van der Waals surface area contributed by atoms with E-state index in [4.69, 9.17) is 9.52 Å². The standard InChI is InChI=1S/C15H17NO3/c17-15(18)11-2-4-12(5-3-11)16-13-6-1-10-7-8-19-14(10)9-13/h1,6-9,11-12,16H,2-5H2,(H,17,18). The SMILES string of the molecule is O=C(O)C1CCC(Nc2ccc3ccoc3c2)CC1. The smallest absolute Gasteiger partial charge is 0.306 e. The number of carbonyl (C=O) groups is 1. The number of hydrogen-bond donors (Lipinski definition) is 2. The molecule has 1 saturated carbocycles. The predicted molar refractivity (Wildman–Crippen MR) is 73.2 cm³/mol. The highest BCUT2D eigenvalue weighted by Crippen LogP contribution is 2.28. The Morgan fingerprint density at radius 3 is 2.74 bits per heavy atom. The van der Waals surface area contributed by atoms with Crippen LogP contribution >= 0.6 is 0 Å². The number of carboxylic acids is 1. The second-order valence-electron chi connectivity index (χ2n) is 5.20. The van der Waals surface area contributed by atoms with Gasteiger partial charge in [0, 0.05) is 23.2 Å². The number of hydrogen-bond acceptors (Lipinski definition) is 3. The normalized spacial score (nSPS) is 23.4. The monoisotopic (exact) mass is 259 g/mol. The van der Waals surface area contributed by atoms with E-state index in [9.17, 15) is 4.79 Å². The molecule has 0 unspecified atom stereocenters. The van der Waals surface area contributed by atoms with Crippen molar-refractivity contribution in [1.29, 1.82) is 0 Å². The lowest BCUT2D eigenvalue weighted by Crippen LogP contribution is -2.29. The van der Waals surface area contributed by atoms with Gasteiger partial charge in [0.25, 0.3) is 0 Å². The molecular formula is C15H17NO3. The van der Waals surface area contributed by atoms with Gasteiger partial charge in [-0.2, -0.15) is 0 Å². The van der Waals surface area contributed by atoms with Crippen molar-refractivity contribution >= 4 is 22.6 Å². The van der Waals surface area contributed by atoms with E-state index in [0.717, 1.165) is 42.3 Å². The van der Waals surface area contributed by atoms with E-state index in [1.54, 1.807) is 6.26 Å². The molecule has 0 aliphatic heterocycles. The van der Waals surface area contributed by atoms with Gasteiger partial charge in [0.15, 0.2) is 0 Å². The van der Waals surface area contributed by atoms with Crippen molar-refractivity contribution in [2.45, 2.75) is 31.7 Å². The first-order valence-electron chi connectivity index (χ1n) is 6.69. The van der Waals surface area contributed by atoms with Crippen LogP contribution in [0.5, 0.6) is 0 Å². The van der Waals surface area contributed by atoms with Crippen LogP contribution in [0.4, 0.5) is 5.69 Å². The van der Waals surface area contributed by atoms with Crippen LogP contribution < -0.4 is 5.32 Å². The van der Waals surface area contributed by atoms with E-state index in [1.807, 2.05) is 24.3 Å². The van der Waals surface area contributed by atoms with Gasteiger partial charge in [0.2, 0.25) is 0 Å². The molecule has 0 bridgehead atoms. The molecule has 0 amide bonds. The van der Waals surface area contributed by atoms with E-state index < -0.39 is 5.97 Å². The maximum Gasteiger partial charge on any atom is 0.306 e. The predicted octanol–water partition coefficient (Wildman–Crippen LogP) is 3.49. The first-order valence-corrected chi connectivity index (χ1v) is 6.69. The lowest BCUT2D eigenvalue weighted by Gasteiger charge is -2.27. The summed E-state index contributed by atoms with van der Waals surface area (Å²) in [5.74, 6) is -0.818. The third-order valence-corrected chi connectivity index (χ3v) is 3.90. The highest BCUT2D eigenvalue weighted by atomic mass is 16.4. The Bertz CT molecular complexity index is 582. The summed E-state index contributed by atoms with van der Waals surface area (Å²) in [4.78, 5) is 10.9. The van der Waals surface area contributed by atoms with Crippen molar-refractivity contribution in [3.63, 3.8) is 0 Å². The van der Waals surface area contributed by atoms with Crippen molar-refractivity contribution in [2.75, 3.05) is 5.32 Å². The molecule has 100 valence electrons. The third-order valence-electron chi connectivity index (χ3n) is 3.90. The zero-order chi connectivity index (χ0) is 13.2. The molecule has 1 fully saturated rings. The van der Waals surface area contributed by atoms with Gasteiger partial charge >= 0.3 is 5.97 Å². The third kappa shape index (κ3) is 2.57. The van der Waals surface area contributed by atoms with Gasteiger partial charge in [-0.3, -0.25) is 4.79 Å². The number of furan rings is 1. The second kappa shape index (κ2) is 4.96. The minimum atomic E-state index is -0.657. The van der Waals surface area contributed by atoms with Gasteiger partial charge in [-0.15, -0.1) is 0 Å². The second-order valence-corrected chi connectivity index (χ2v) is 5.20. The Balaban J connectivity index is 1.64. The molecule has 4 nitrogen and oxygen atoms in total. The highest BCUT2D eigenvalue weighted by molar-refractivity contribution is 5.80. The van der Waals surface area contributed by atoms with Crippen LogP contribution in [-0.2, 0) is 4.79 Å². The summed E-state index contributed by atoms with van der Waals surface area (Å²) in [7, 11) is 0. The van der Waals surface area contributed by atoms with Gasteiger partial charge in [0.05, 0.1) is 12.2 Å². The summed E-state index contributed by atoms with van der Waals surface area (Å²) >= 11 is 0. The van der Waals surface area contributed by atoms with Gasteiger partial charge in [0.1, 0.15) is 5.58 Å². The Morgan fingerprint density at radius 2 is 2.00 bits per heavy atom. The Kier molecular flexibility index (Phi) is 3.15. The molecule has 2 N–H and O–H groups in total. The van der Waals surface area contributed by atoms with Crippen molar-refractivity contribution < 1.29 is 14.3 Å².